The molecule has 3 heteroatoms. The van der Waals surface area contributed by atoms with Crippen LogP contribution in [0.3, 0.4) is 0 Å². The molecule has 0 radical (unpaired) electrons. The number of rotatable bonds is 8. The summed E-state index contributed by atoms with van der Waals surface area (Å²) in [6.07, 6.45) is 6.61. The molecule has 0 unspecified atom stereocenters. The first kappa shape index (κ1) is 14.9. The highest BCUT2D eigenvalue weighted by Gasteiger charge is 2.16. The molecule has 110 valence electrons. The van der Waals surface area contributed by atoms with Crippen LogP contribution in [0.25, 0.3) is 0 Å². The van der Waals surface area contributed by atoms with Gasteiger partial charge in [0.15, 0.2) is 5.96 Å². The molecule has 0 spiro atoms. The van der Waals surface area contributed by atoms with E-state index in [0.717, 1.165) is 32.1 Å². The Balaban J connectivity index is 1.68. The van der Waals surface area contributed by atoms with E-state index in [1.165, 1.54) is 37.7 Å². The van der Waals surface area contributed by atoms with Crippen molar-refractivity contribution in [2.75, 3.05) is 19.6 Å². The number of guanidine groups is 1. The molecule has 1 aromatic rings. The Bertz CT molecular complexity index is 400. The van der Waals surface area contributed by atoms with Crippen molar-refractivity contribution in [2.45, 2.75) is 45.6 Å². The second-order valence-electron chi connectivity index (χ2n) is 5.45. The minimum absolute atomic E-state index is 0.922. The maximum Gasteiger partial charge on any atom is 0.194 e. The predicted molar refractivity (Wildman–Crippen MR) is 85.9 cm³/mol. The largest absolute Gasteiger partial charge is 0.356 e. The van der Waals surface area contributed by atoms with Gasteiger partial charge in [-0.2, -0.15) is 0 Å². The highest BCUT2D eigenvalue weighted by Crippen LogP contribution is 2.08. The Kier molecular flexibility index (Phi) is 6.42. The molecule has 0 amide bonds. The van der Waals surface area contributed by atoms with Crippen LogP contribution in [0.2, 0.25) is 0 Å². The molecule has 2 rings (SSSR count). The zero-order valence-corrected chi connectivity index (χ0v) is 12.6. The number of aliphatic imine (C=N–C) groups is 1. The number of unbranched alkanes of at least 4 members (excludes halogenated alkanes) is 4. The van der Waals surface area contributed by atoms with Gasteiger partial charge in [-0.3, -0.25) is 4.99 Å². The van der Waals surface area contributed by atoms with Crippen molar-refractivity contribution in [3.63, 3.8) is 0 Å². The Morgan fingerprint density at radius 2 is 1.90 bits per heavy atom. The monoisotopic (exact) mass is 273 g/mol. The molecular weight excluding hydrogens is 246 g/mol. The van der Waals surface area contributed by atoms with E-state index >= 15 is 0 Å². The van der Waals surface area contributed by atoms with E-state index in [9.17, 15) is 0 Å². The number of hydrogen-bond donors (Lipinski definition) is 1. The molecule has 0 atom stereocenters. The first-order valence-corrected chi connectivity index (χ1v) is 7.97. The van der Waals surface area contributed by atoms with Crippen molar-refractivity contribution in [3.8, 4) is 0 Å². The third-order valence-electron chi connectivity index (χ3n) is 3.71. The van der Waals surface area contributed by atoms with E-state index in [4.69, 9.17) is 0 Å². The van der Waals surface area contributed by atoms with Gasteiger partial charge < -0.3 is 10.2 Å². The first-order chi connectivity index (χ1) is 9.90. The normalized spacial score (nSPS) is 14.4. The van der Waals surface area contributed by atoms with E-state index in [2.05, 4.69) is 52.5 Å². The Morgan fingerprint density at radius 1 is 1.10 bits per heavy atom. The molecule has 1 aliphatic rings. The van der Waals surface area contributed by atoms with E-state index in [1.54, 1.807) is 0 Å². The minimum atomic E-state index is 0.922. The average Bonchev–Trinajstić information content (AvgIpc) is 2.91. The van der Waals surface area contributed by atoms with Gasteiger partial charge in [0, 0.05) is 19.6 Å². The summed E-state index contributed by atoms with van der Waals surface area (Å²) in [5.74, 6) is 1.09. The molecule has 0 aromatic heterocycles. The minimum Gasteiger partial charge on any atom is -0.356 e. The molecule has 3 nitrogen and oxygen atoms in total. The van der Waals surface area contributed by atoms with Crippen LogP contribution < -0.4 is 5.32 Å². The van der Waals surface area contributed by atoms with E-state index in [1.807, 2.05) is 0 Å². The van der Waals surface area contributed by atoms with Crippen LogP contribution in [0.4, 0.5) is 0 Å². The van der Waals surface area contributed by atoms with Crippen LogP contribution >= 0.6 is 0 Å². The number of benzene rings is 1. The zero-order chi connectivity index (χ0) is 14.0. The van der Waals surface area contributed by atoms with Gasteiger partial charge in [-0.15, -0.1) is 0 Å². The molecule has 20 heavy (non-hydrogen) atoms. The zero-order valence-electron chi connectivity index (χ0n) is 12.6. The van der Waals surface area contributed by atoms with Gasteiger partial charge in [-0.25, -0.2) is 0 Å². The molecule has 1 aromatic carbocycles. The number of nitrogens with one attached hydrogen (secondary N) is 1. The van der Waals surface area contributed by atoms with Gasteiger partial charge in [0.1, 0.15) is 0 Å². The van der Waals surface area contributed by atoms with Crippen LogP contribution in [0, 0.1) is 0 Å². The van der Waals surface area contributed by atoms with Gasteiger partial charge in [0.25, 0.3) is 0 Å². The number of hydrogen-bond acceptors (Lipinski definition) is 3. The van der Waals surface area contributed by atoms with Crippen molar-refractivity contribution >= 4 is 5.96 Å². The van der Waals surface area contributed by atoms with Crippen molar-refractivity contribution < 1.29 is 0 Å². The summed E-state index contributed by atoms with van der Waals surface area (Å²) in [6, 6.07) is 10.6. The van der Waals surface area contributed by atoms with E-state index in [0.29, 0.717) is 0 Å². The molecule has 0 fully saturated rings. The third-order valence-corrected chi connectivity index (χ3v) is 3.71. The Labute approximate surface area is 123 Å². The molecule has 1 heterocycles. The standard InChI is InChI=1S/C17H27N3/c1-2-3-4-5-9-12-18-17-19-13-14-20(17)15-16-10-7-6-8-11-16/h6-8,10-11H,2-5,9,12-15H2,1H3,(H,18,19). The molecule has 1 aliphatic heterocycles. The quantitative estimate of drug-likeness (QED) is 0.735. The lowest BCUT2D eigenvalue weighted by Gasteiger charge is -2.21. The summed E-state index contributed by atoms with van der Waals surface area (Å²) in [5.41, 5.74) is 1.35. The summed E-state index contributed by atoms with van der Waals surface area (Å²) < 4.78 is 0. The SMILES string of the molecule is CCCCCCCNC1=NCCN1Cc1ccccc1. The van der Waals surface area contributed by atoms with Gasteiger partial charge in [0.2, 0.25) is 0 Å². The second kappa shape index (κ2) is 8.62. The second-order valence-corrected chi connectivity index (χ2v) is 5.45. The fourth-order valence-electron chi connectivity index (χ4n) is 2.54. The molecule has 0 saturated carbocycles. The highest BCUT2D eigenvalue weighted by atomic mass is 15.3. The van der Waals surface area contributed by atoms with Crippen LogP contribution in [-0.2, 0) is 6.54 Å². The van der Waals surface area contributed by atoms with Crippen LogP contribution in [0.5, 0.6) is 0 Å². The molecular formula is C17H27N3. The molecule has 1 N–H and O–H groups in total. The fraction of sp³-hybridized carbons (Fsp3) is 0.588. The van der Waals surface area contributed by atoms with Crippen LogP contribution in [0.1, 0.15) is 44.6 Å². The first-order valence-electron chi connectivity index (χ1n) is 7.97. The topological polar surface area (TPSA) is 27.6 Å². The van der Waals surface area contributed by atoms with Gasteiger partial charge >= 0.3 is 0 Å². The lowest BCUT2D eigenvalue weighted by Crippen LogP contribution is -2.38. The lowest BCUT2D eigenvalue weighted by atomic mass is 10.1. The van der Waals surface area contributed by atoms with Crippen molar-refractivity contribution in [2.24, 2.45) is 4.99 Å². The smallest absolute Gasteiger partial charge is 0.194 e. The highest BCUT2D eigenvalue weighted by molar-refractivity contribution is 5.81. The molecule has 0 saturated heterocycles. The maximum atomic E-state index is 4.58. The summed E-state index contributed by atoms with van der Waals surface area (Å²) in [4.78, 5) is 6.93. The summed E-state index contributed by atoms with van der Waals surface area (Å²) in [7, 11) is 0. The predicted octanol–water partition coefficient (Wildman–Crippen LogP) is 3.42. The number of nitrogens with zero attached hydrogens (tertiary/aromatic N) is 2. The van der Waals surface area contributed by atoms with Crippen molar-refractivity contribution in [1.82, 2.24) is 10.2 Å². The Morgan fingerprint density at radius 3 is 2.70 bits per heavy atom. The van der Waals surface area contributed by atoms with E-state index < -0.39 is 0 Å². The summed E-state index contributed by atoms with van der Waals surface area (Å²) in [6.45, 7) is 6.22. The average molecular weight is 273 g/mol. The van der Waals surface area contributed by atoms with Gasteiger partial charge in [-0.1, -0.05) is 62.9 Å². The third kappa shape index (κ3) is 4.87. The fourth-order valence-corrected chi connectivity index (χ4v) is 2.54. The lowest BCUT2D eigenvalue weighted by molar-refractivity contribution is 0.435. The molecule has 0 bridgehead atoms. The van der Waals surface area contributed by atoms with E-state index in [-0.39, 0.29) is 0 Å². The maximum absolute atomic E-state index is 4.58. The summed E-state index contributed by atoms with van der Waals surface area (Å²) >= 11 is 0. The van der Waals surface area contributed by atoms with Crippen molar-refractivity contribution in [3.05, 3.63) is 35.9 Å². The van der Waals surface area contributed by atoms with Crippen LogP contribution in [0.15, 0.2) is 35.3 Å². The van der Waals surface area contributed by atoms with Crippen molar-refractivity contribution in [1.29, 1.82) is 0 Å². The Hall–Kier alpha value is -1.51. The molecule has 0 aliphatic carbocycles. The van der Waals surface area contributed by atoms with Gasteiger partial charge in [0.05, 0.1) is 6.54 Å². The summed E-state index contributed by atoms with van der Waals surface area (Å²) in [5, 5.41) is 3.50. The van der Waals surface area contributed by atoms with Gasteiger partial charge in [-0.05, 0) is 12.0 Å². The van der Waals surface area contributed by atoms with Crippen LogP contribution in [-0.4, -0.2) is 30.5 Å².